The Kier molecular flexibility index (Phi) is 7.10. The second-order valence-corrected chi connectivity index (χ2v) is 6.94. The fourth-order valence-electron chi connectivity index (χ4n) is 2.76. The summed E-state index contributed by atoms with van der Waals surface area (Å²) in [6, 6.07) is 17.8. The van der Waals surface area contributed by atoms with Crippen LogP contribution in [0.4, 0.5) is 11.4 Å². The maximum Gasteiger partial charge on any atom is 0.251 e. The Labute approximate surface area is 175 Å². The molecule has 2 amide bonds. The molecule has 1 aromatic heterocycles. The summed E-state index contributed by atoms with van der Waals surface area (Å²) in [5, 5.41) is 8.64. The lowest BCUT2D eigenvalue weighted by molar-refractivity contribution is -0.114. The molecule has 0 saturated carbocycles. The molecule has 1 heterocycles. The van der Waals surface area contributed by atoms with Crippen molar-refractivity contribution in [1.29, 1.82) is 0 Å². The van der Waals surface area contributed by atoms with Crippen molar-refractivity contribution in [3.8, 4) is 5.75 Å². The number of benzene rings is 2. The highest BCUT2D eigenvalue weighted by Crippen LogP contribution is 2.18. The lowest BCUT2D eigenvalue weighted by Crippen LogP contribution is -2.24. The second kappa shape index (κ2) is 10.2. The van der Waals surface area contributed by atoms with Gasteiger partial charge in [0.15, 0.2) is 0 Å². The van der Waals surface area contributed by atoms with Crippen LogP contribution < -0.4 is 20.7 Å². The Bertz CT molecular complexity index is 984. The van der Waals surface area contributed by atoms with Gasteiger partial charge in [-0.05, 0) is 56.3 Å². The van der Waals surface area contributed by atoms with E-state index in [1.165, 1.54) is 0 Å². The quantitative estimate of drug-likeness (QED) is 0.498. The third-order valence-corrected chi connectivity index (χ3v) is 4.07. The Morgan fingerprint density at radius 2 is 1.80 bits per heavy atom. The largest absolute Gasteiger partial charge is 0.491 e. The molecule has 3 aromatic rings. The minimum Gasteiger partial charge on any atom is -0.491 e. The zero-order valence-electron chi connectivity index (χ0n) is 17.0. The van der Waals surface area contributed by atoms with Crippen LogP contribution in [0.5, 0.6) is 5.75 Å². The van der Waals surface area contributed by atoms with Gasteiger partial charge >= 0.3 is 0 Å². The van der Waals surface area contributed by atoms with E-state index in [-0.39, 0.29) is 24.5 Å². The number of rotatable bonds is 9. The number of furan rings is 1. The first-order valence-electron chi connectivity index (χ1n) is 9.70. The van der Waals surface area contributed by atoms with E-state index in [4.69, 9.17) is 9.15 Å². The monoisotopic (exact) mass is 407 g/mol. The molecular weight excluding hydrogens is 382 g/mol. The molecule has 2 aromatic carbocycles. The maximum absolute atomic E-state index is 12.3. The van der Waals surface area contributed by atoms with Crippen molar-refractivity contribution in [2.45, 2.75) is 26.5 Å². The van der Waals surface area contributed by atoms with Crippen LogP contribution in [0, 0.1) is 0 Å². The molecule has 0 aliphatic rings. The van der Waals surface area contributed by atoms with E-state index in [1.807, 2.05) is 38.1 Å². The van der Waals surface area contributed by atoms with Gasteiger partial charge < -0.3 is 25.1 Å². The number of hydrogen-bond acceptors (Lipinski definition) is 5. The van der Waals surface area contributed by atoms with E-state index in [0.29, 0.717) is 23.6 Å². The molecule has 7 nitrogen and oxygen atoms in total. The molecule has 0 fully saturated rings. The molecule has 0 spiro atoms. The number of ether oxygens (including phenoxy) is 1. The minimum absolute atomic E-state index is 0.0760. The maximum atomic E-state index is 12.3. The van der Waals surface area contributed by atoms with Crippen molar-refractivity contribution in [3.63, 3.8) is 0 Å². The van der Waals surface area contributed by atoms with Gasteiger partial charge in [0.2, 0.25) is 5.91 Å². The summed E-state index contributed by atoms with van der Waals surface area (Å²) in [6.45, 7) is 4.30. The van der Waals surface area contributed by atoms with Crippen molar-refractivity contribution < 1.29 is 18.7 Å². The number of anilines is 2. The molecule has 156 valence electrons. The standard InChI is InChI=1S/C23H25N3O4/c1-16(2)30-20-9-4-7-18(13-20)24-15-22(27)26-19-8-3-6-17(12-19)23(28)25-14-21-10-5-11-29-21/h3-13,16,24H,14-15H2,1-2H3,(H,25,28)(H,26,27). The lowest BCUT2D eigenvalue weighted by atomic mass is 10.2. The molecular formula is C23H25N3O4. The average Bonchev–Trinajstić information content (AvgIpc) is 3.24. The molecule has 3 N–H and O–H groups in total. The summed E-state index contributed by atoms with van der Waals surface area (Å²) in [5.41, 5.74) is 1.78. The van der Waals surface area contributed by atoms with Crippen molar-refractivity contribution >= 4 is 23.2 Å². The molecule has 0 aliphatic carbocycles. The van der Waals surface area contributed by atoms with Crippen LogP contribution in [0.2, 0.25) is 0 Å². The van der Waals surface area contributed by atoms with Gasteiger partial charge in [0.1, 0.15) is 11.5 Å². The third kappa shape index (κ3) is 6.41. The molecule has 0 atom stereocenters. The first kappa shape index (κ1) is 21.0. The number of carbonyl (C=O) groups excluding carboxylic acids is 2. The Hall–Kier alpha value is -3.74. The van der Waals surface area contributed by atoms with E-state index in [1.54, 1.807) is 42.7 Å². The Morgan fingerprint density at radius 1 is 1.00 bits per heavy atom. The summed E-state index contributed by atoms with van der Waals surface area (Å²) < 4.78 is 10.9. The highest BCUT2D eigenvalue weighted by Gasteiger charge is 2.09. The highest BCUT2D eigenvalue weighted by atomic mass is 16.5. The van der Waals surface area contributed by atoms with Gasteiger partial charge in [0.25, 0.3) is 5.91 Å². The first-order chi connectivity index (χ1) is 14.5. The molecule has 0 unspecified atom stereocenters. The Balaban J connectivity index is 1.51. The summed E-state index contributed by atoms with van der Waals surface area (Å²) in [4.78, 5) is 24.6. The van der Waals surface area contributed by atoms with Crippen molar-refractivity contribution in [2.75, 3.05) is 17.2 Å². The zero-order valence-corrected chi connectivity index (χ0v) is 17.0. The van der Waals surface area contributed by atoms with Gasteiger partial charge in [0, 0.05) is 23.0 Å². The molecule has 3 rings (SSSR count). The van der Waals surface area contributed by atoms with E-state index in [0.717, 1.165) is 11.4 Å². The van der Waals surface area contributed by atoms with Crippen LogP contribution in [0.15, 0.2) is 71.3 Å². The normalized spacial score (nSPS) is 10.5. The van der Waals surface area contributed by atoms with Gasteiger partial charge in [-0.3, -0.25) is 9.59 Å². The van der Waals surface area contributed by atoms with Crippen molar-refractivity contribution in [1.82, 2.24) is 5.32 Å². The number of nitrogens with one attached hydrogen (secondary N) is 3. The highest BCUT2D eigenvalue weighted by molar-refractivity contribution is 5.98. The van der Waals surface area contributed by atoms with Gasteiger partial charge in [-0.1, -0.05) is 12.1 Å². The predicted molar refractivity (Wildman–Crippen MR) is 116 cm³/mol. The topological polar surface area (TPSA) is 92.6 Å². The van der Waals surface area contributed by atoms with E-state index >= 15 is 0 Å². The van der Waals surface area contributed by atoms with E-state index in [9.17, 15) is 9.59 Å². The molecule has 30 heavy (non-hydrogen) atoms. The van der Waals surface area contributed by atoms with Crippen molar-refractivity contribution in [3.05, 3.63) is 78.3 Å². The van der Waals surface area contributed by atoms with Crippen molar-refractivity contribution in [2.24, 2.45) is 0 Å². The van der Waals surface area contributed by atoms with E-state index in [2.05, 4.69) is 16.0 Å². The van der Waals surface area contributed by atoms with Crippen LogP contribution in [0.25, 0.3) is 0 Å². The summed E-state index contributed by atoms with van der Waals surface area (Å²) in [6.07, 6.45) is 1.63. The fraction of sp³-hybridized carbons (Fsp3) is 0.217. The summed E-state index contributed by atoms with van der Waals surface area (Å²) >= 11 is 0. The average molecular weight is 407 g/mol. The van der Waals surface area contributed by atoms with Crippen LogP contribution in [0.3, 0.4) is 0 Å². The predicted octanol–water partition coefficient (Wildman–Crippen LogP) is 4.05. The van der Waals surface area contributed by atoms with Gasteiger partial charge in [-0.15, -0.1) is 0 Å². The zero-order chi connectivity index (χ0) is 21.3. The fourth-order valence-corrected chi connectivity index (χ4v) is 2.76. The van der Waals surface area contributed by atoms with Crippen LogP contribution in [-0.4, -0.2) is 24.5 Å². The Morgan fingerprint density at radius 3 is 2.57 bits per heavy atom. The number of hydrogen-bond donors (Lipinski definition) is 3. The minimum atomic E-state index is -0.248. The number of amides is 2. The summed E-state index contributed by atoms with van der Waals surface area (Å²) in [5.74, 6) is 0.936. The smallest absolute Gasteiger partial charge is 0.251 e. The molecule has 0 bridgehead atoms. The molecule has 0 radical (unpaired) electrons. The molecule has 0 saturated heterocycles. The van der Waals surface area contributed by atoms with E-state index < -0.39 is 0 Å². The van der Waals surface area contributed by atoms with Gasteiger partial charge in [-0.25, -0.2) is 0 Å². The second-order valence-electron chi connectivity index (χ2n) is 6.94. The molecule has 7 heteroatoms. The lowest BCUT2D eigenvalue weighted by Gasteiger charge is -2.12. The van der Waals surface area contributed by atoms with Crippen LogP contribution in [0.1, 0.15) is 30.0 Å². The molecule has 0 aliphatic heterocycles. The number of carbonyl (C=O) groups is 2. The third-order valence-electron chi connectivity index (χ3n) is 4.07. The van der Waals surface area contributed by atoms with Crippen LogP contribution in [-0.2, 0) is 11.3 Å². The SMILES string of the molecule is CC(C)Oc1cccc(NCC(=O)Nc2cccc(C(=O)NCc3ccco3)c2)c1. The van der Waals surface area contributed by atoms with Crippen LogP contribution >= 0.6 is 0 Å². The van der Waals surface area contributed by atoms with Gasteiger partial charge in [0.05, 0.1) is 25.5 Å². The summed E-state index contributed by atoms with van der Waals surface area (Å²) in [7, 11) is 0. The van der Waals surface area contributed by atoms with Gasteiger partial charge in [-0.2, -0.15) is 0 Å². The first-order valence-corrected chi connectivity index (χ1v) is 9.70.